The highest BCUT2D eigenvalue weighted by Gasteiger charge is 2.27. The average molecular weight is 425 g/mol. The summed E-state index contributed by atoms with van der Waals surface area (Å²) in [4.78, 5) is 65.4. The molecule has 0 radical (unpaired) electrons. The summed E-state index contributed by atoms with van der Waals surface area (Å²) in [5, 5.41) is 16.1. The molecule has 1 heterocycles. The number of hydrogen-bond donors (Lipinski definition) is 7. The molecule has 0 aliphatic carbocycles. The molecular formula is C17H27N7O6. The second-order valence-electron chi connectivity index (χ2n) is 6.96. The highest BCUT2D eigenvalue weighted by atomic mass is 16.4. The number of carboxylic acid groups (broad SMARTS) is 1. The van der Waals surface area contributed by atoms with Gasteiger partial charge in [-0.3, -0.25) is 19.2 Å². The maximum absolute atomic E-state index is 12.3. The Morgan fingerprint density at radius 1 is 1.13 bits per heavy atom. The van der Waals surface area contributed by atoms with Gasteiger partial charge >= 0.3 is 5.97 Å². The van der Waals surface area contributed by atoms with Crippen molar-refractivity contribution in [3.05, 3.63) is 18.2 Å². The molecule has 0 aliphatic heterocycles. The first-order valence-corrected chi connectivity index (χ1v) is 9.12. The van der Waals surface area contributed by atoms with Gasteiger partial charge in [-0.25, -0.2) is 9.78 Å². The van der Waals surface area contributed by atoms with Crippen LogP contribution in [0, 0.1) is 5.92 Å². The number of aliphatic carboxylic acids is 1. The van der Waals surface area contributed by atoms with Crippen LogP contribution in [0.15, 0.2) is 12.5 Å². The zero-order chi connectivity index (χ0) is 22.8. The number of hydrogen-bond acceptors (Lipinski definition) is 7. The van der Waals surface area contributed by atoms with E-state index in [1.807, 2.05) is 0 Å². The highest BCUT2D eigenvalue weighted by Crippen LogP contribution is 2.01. The van der Waals surface area contributed by atoms with Gasteiger partial charge in [0.2, 0.25) is 23.6 Å². The van der Waals surface area contributed by atoms with Crippen molar-refractivity contribution < 1.29 is 29.1 Å². The van der Waals surface area contributed by atoms with E-state index < -0.39 is 60.7 Å². The Kier molecular flexibility index (Phi) is 9.42. The van der Waals surface area contributed by atoms with Crippen molar-refractivity contribution in [3.8, 4) is 0 Å². The number of aromatic amines is 1. The molecule has 1 aromatic rings. The molecule has 3 atom stereocenters. The number of carbonyl (C=O) groups is 5. The fraction of sp³-hybridized carbons (Fsp3) is 0.529. The van der Waals surface area contributed by atoms with Crippen LogP contribution in [0.5, 0.6) is 0 Å². The third-order valence-corrected chi connectivity index (χ3v) is 4.09. The van der Waals surface area contributed by atoms with Gasteiger partial charge in [0.1, 0.15) is 12.1 Å². The quantitative estimate of drug-likeness (QED) is 0.182. The molecule has 13 nitrogen and oxygen atoms in total. The van der Waals surface area contributed by atoms with E-state index in [9.17, 15) is 29.1 Å². The fourth-order valence-electron chi connectivity index (χ4n) is 2.33. The van der Waals surface area contributed by atoms with Crippen LogP contribution in [0.4, 0.5) is 0 Å². The number of nitrogens with one attached hydrogen (secondary N) is 4. The molecule has 1 aromatic heterocycles. The molecule has 9 N–H and O–H groups in total. The van der Waals surface area contributed by atoms with Gasteiger partial charge in [-0.05, 0) is 5.92 Å². The van der Waals surface area contributed by atoms with Crippen LogP contribution in [0.3, 0.4) is 0 Å². The second-order valence-corrected chi connectivity index (χ2v) is 6.96. The SMILES string of the molecule is CC(C)C(N)C(=O)NC(CC(N)=O)C(=O)NCC(=O)NC(Cc1cnc[nH]1)C(=O)O. The van der Waals surface area contributed by atoms with Crippen LogP contribution in [0.25, 0.3) is 0 Å². The van der Waals surface area contributed by atoms with Crippen molar-refractivity contribution in [1.82, 2.24) is 25.9 Å². The van der Waals surface area contributed by atoms with Crippen LogP contribution in [0.2, 0.25) is 0 Å². The first-order chi connectivity index (χ1) is 14.0. The summed E-state index contributed by atoms with van der Waals surface area (Å²) >= 11 is 0. The molecular weight excluding hydrogens is 398 g/mol. The second kappa shape index (κ2) is 11.5. The van der Waals surface area contributed by atoms with Crippen molar-refractivity contribution in [2.45, 2.75) is 44.8 Å². The first kappa shape index (κ1) is 24.6. The Labute approximate surface area is 172 Å². The molecule has 30 heavy (non-hydrogen) atoms. The van der Waals surface area contributed by atoms with Gasteiger partial charge in [0, 0.05) is 18.3 Å². The third kappa shape index (κ3) is 8.26. The fourth-order valence-corrected chi connectivity index (χ4v) is 2.33. The van der Waals surface area contributed by atoms with Crippen LogP contribution >= 0.6 is 0 Å². The predicted molar refractivity (Wildman–Crippen MR) is 103 cm³/mol. The van der Waals surface area contributed by atoms with Gasteiger partial charge < -0.3 is 37.5 Å². The van der Waals surface area contributed by atoms with Gasteiger partial charge in [0.25, 0.3) is 0 Å². The normalized spacial score (nSPS) is 13.7. The number of H-pyrrole nitrogens is 1. The number of nitrogens with two attached hydrogens (primary N) is 2. The summed E-state index contributed by atoms with van der Waals surface area (Å²) < 4.78 is 0. The molecule has 0 saturated carbocycles. The van der Waals surface area contributed by atoms with Gasteiger partial charge in [-0.15, -0.1) is 0 Å². The molecule has 3 unspecified atom stereocenters. The van der Waals surface area contributed by atoms with Crippen molar-refractivity contribution in [2.75, 3.05) is 6.54 Å². The Bertz CT molecular complexity index is 765. The first-order valence-electron chi connectivity index (χ1n) is 9.12. The molecule has 166 valence electrons. The smallest absolute Gasteiger partial charge is 0.326 e. The number of rotatable bonds is 12. The molecule has 0 saturated heterocycles. The Balaban J connectivity index is 2.65. The lowest BCUT2D eigenvalue weighted by Crippen LogP contribution is -2.55. The highest BCUT2D eigenvalue weighted by molar-refractivity contribution is 5.95. The standard InChI is InChI=1S/C17H27N7O6/c1-8(2)14(19)16(28)24-10(4-12(18)25)15(27)21-6-13(26)23-11(17(29)30)3-9-5-20-7-22-9/h5,7-8,10-11,14H,3-4,6,19H2,1-2H3,(H2,18,25)(H,20,22)(H,21,27)(H,23,26)(H,24,28)(H,29,30). The van der Waals surface area contributed by atoms with Crippen molar-refractivity contribution in [2.24, 2.45) is 17.4 Å². The van der Waals surface area contributed by atoms with Crippen LogP contribution in [0.1, 0.15) is 26.0 Å². The molecule has 4 amide bonds. The number of amides is 4. The summed E-state index contributed by atoms with van der Waals surface area (Å²) in [5.74, 6) is -4.60. The van der Waals surface area contributed by atoms with Gasteiger partial charge in [-0.2, -0.15) is 0 Å². The summed E-state index contributed by atoms with van der Waals surface area (Å²) in [6.07, 6.45) is 2.25. The number of carboxylic acids is 1. The minimum atomic E-state index is -1.33. The molecule has 0 aromatic carbocycles. The third-order valence-electron chi connectivity index (χ3n) is 4.09. The molecule has 0 bridgehead atoms. The average Bonchev–Trinajstić information content (AvgIpc) is 3.16. The number of nitrogens with zero attached hydrogens (tertiary/aromatic N) is 1. The number of primary amides is 1. The van der Waals surface area contributed by atoms with E-state index in [0.717, 1.165) is 0 Å². The van der Waals surface area contributed by atoms with Crippen LogP contribution in [-0.2, 0) is 30.4 Å². The lowest BCUT2D eigenvalue weighted by atomic mass is 10.0. The Morgan fingerprint density at radius 2 is 1.80 bits per heavy atom. The van der Waals surface area contributed by atoms with E-state index in [1.54, 1.807) is 13.8 Å². The van der Waals surface area contributed by atoms with Crippen LogP contribution in [-0.4, -0.2) is 69.3 Å². The van der Waals surface area contributed by atoms with Crippen LogP contribution < -0.4 is 27.4 Å². The largest absolute Gasteiger partial charge is 0.480 e. The summed E-state index contributed by atoms with van der Waals surface area (Å²) in [6, 6.07) is -3.48. The van der Waals surface area contributed by atoms with Gasteiger partial charge in [0.15, 0.2) is 0 Å². The maximum atomic E-state index is 12.3. The molecule has 0 spiro atoms. The summed E-state index contributed by atoms with van der Waals surface area (Å²) in [5.41, 5.74) is 11.3. The monoisotopic (exact) mass is 425 g/mol. The van der Waals surface area contributed by atoms with E-state index in [0.29, 0.717) is 5.69 Å². The topological polar surface area (TPSA) is 222 Å². The number of carbonyl (C=O) groups excluding carboxylic acids is 4. The van der Waals surface area contributed by atoms with Gasteiger partial charge in [-0.1, -0.05) is 13.8 Å². The van der Waals surface area contributed by atoms with E-state index in [1.165, 1.54) is 12.5 Å². The molecule has 0 aliphatic rings. The molecule has 0 fully saturated rings. The van der Waals surface area contributed by atoms with Gasteiger partial charge in [0.05, 0.1) is 25.3 Å². The van der Waals surface area contributed by atoms with Crippen molar-refractivity contribution in [1.29, 1.82) is 0 Å². The van der Waals surface area contributed by atoms with Crippen molar-refractivity contribution >= 4 is 29.6 Å². The number of imidazole rings is 1. The van der Waals surface area contributed by atoms with E-state index >= 15 is 0 Å². The predicted octanol–water partition coefficient (Wildman–Crippen LogP) is -3.02. The maximum Gasteiger partial charge on any atom is 0.326 e. The molecule has 13 heteroatoms. The zero-order valence-electron chi connectivity index (χ0n) is 16.7. The minimum Gasteiger partial charge on any atom is -0.480 e. The zero-order valence-corrected chi connectivity index (χ0v) is 16.7. The van der Waals surface area contributed by atoms with Crippen molar-refractivity contribution in [3.63, 3.8) is 0 Å². The molecule has 1 rings (SSSR count). The lowest BCUT2D eigenvalue weighted by molar-refractivity contribution is -0.141. The number of aromatic nitrogens is 2. The Hall–Kier alpha value is -3.48. The summed E-state index contributed by atoms with van der Waals surface area (Å²) in [7, 11) is 0. The lowest BCUT2D eigenvalue weighted by Gasteiger charge is -2.21. The minimum absolute atomic E-state index is 0.0392. The summed E-state index contributed by atoms with van der Waals surface area (Å²) in [6.45, 7) is 2.84. The van der Waals surface area contributed by atoms with E-state index in [4.69, 9.17) is 11.5 Å². The van der Waals surface area contributed by atoms with E-state index in [2.05, 4.69) is 25.9 Å². The Morgan fingerprint density at radius 3 is 2.30 bits per heavy atom. The van der Waals surface area contributed by atoms with E-state index in [-0.39, 0.29) is 12.3 Å².